The van der Waals surface area contributed by atoms with Gasteiger partial charge in [0.1, 0.15) is 13.2 Å². The van der Waals surface area contributed by atoms with Gasteiger partial charge in [-0.2, -0.15) is 0 Å². The predicted octanol–water partition coefficient (Wildman–Crippen LogP) is 16.0. The average Bonchev–Trinajstić information content (AvgIpc) is 3.37. The Bertz CT molecular complexity index is 1620. The van der Waals surface area contributed by atoms with Gasteiger partial charge >= 0.3 is 11.9 Å². The molecule has 0 aromatic carbocycles. The molecule has 0 radical (unpaired) electrons. The zero-order chi connectivity index (χ0) is 54.1. The maximum absolute atomic E-state index is 12.8. The number of hydrogen-bond donors (Lipinski definition) is 0. The molecule has 2 unspecified atom stereocenters. The summed E-state index contributed by atoms with van der Waals surface area (Å²) in [7, 11) is 5.90. The summed E-state index contributed by atoms with van der Waals surface area (Å²) < 4.78 is 22.6. The van der Waals surface area contributed by atoms with Crippen LogP contribution in [0.5, 0.6) is 0 Å². The highest BCUT2D eigenvalue weighted by atomic mass is 16.7. The topological polar surface area (TPSA) is 111 Å². The zero-order valence-electron chi connectivity index (χ0n) is 47.7. The van der Waals surface area contributed by atoms with Crippen LogP contribution in [0.2, 0.25) is 0 Å². The van der Waals surface area contributed by atoms with Crippen LogP contribution < -0.4 is 5.11 Å². The molecule has 9 heteroatoms. The third kappa shape index (κ3) is 55.4. The van der Waals surface area contributed by atoms with Crippen molar-refractivity contribution in [1.29, 1.82) is 0 Å². The fourth-order valence-corrected chi connectivity index (χ4v) is 7.50. The number of aliphatic carboxylic acids is 1. The molecule has 9 nitrogen and oxygen atoms in total. The Hall–Kier alpha value is -4.31. The number of likely N-dealkylation sites (N-methyl/N-ethyl adjacent to an activating group) is 1. The van der Waals surface area contributed by atoms with Crippen molar-refractivity contribution in [1.82, 2.24) is 0 Å². The van der Waals surface area contributed by atoms with Crippen molar-refractivity contribution in [2.24, 2.45) is 0 Å². The number of nitrogens with zero attached hydrogens (tertiary/aromatic N) is 1. The van der Waals surface area contributed by atoms with E-state index in [-0.39, 0.29) is 38.6 Å². The van der Waals surface area contributed by atoms with Crippen LogP contribution in [0.15, 0.2) is 122 Å². The molecule has 74 heavy (non-hydrogen) atoms. The normalized spacial score (nSPS) is 13.7. The van der Waals surface area contributed by atoms with Crippen LogP contribution in [0.1, 0.15) is 213 Å². The van der Waals surface area contributed by atoms with Crippen molar-refractivity contribution >= 4 is 17.9 Å². The Labute approximate surface area is 453 Å². The summed E-state index contributed by atoms with van der Waals surface area (Å²) in [5, 5.41) is 11.7. The molecule has 2 atom stereocenters. The lowest BCUT2D eigenvalue weighted by Crippen LogP contribution is -2.44. The number of unbranched alkanes of at least 4 members (excludes halogenated alkanes) is 17. The van der Waals surface area contributed by atoms with E-state index in [4.69, 9.17) is 18.9 Å². The molecule has 0 rings (SSSR count). The van der Waals surface area contributed by atoms with Crippen molar-refractivity contribution in [3.8, 4) is 0 Å². The summed E-state index contributed by atoms with van der Waals surface area (Å²) in [6, 6.07) is 0. The molecule has 0 saturated heterocycles. The van der Waals surface area contributed by atoms with Crippen LogP contribution in [0.4, 0.5) is 0 Å². The number of esters is 2. The molecule has 420 valence electrons. The lowest BCUT2D eigenvalue weighted by atomic mass is 10.1. The number of hydrogen-bond acceptors (Lipinski definition) is 8. The number of carbonyl (C=O) groups is 3. The third-order valence-corrected chi connectivity index (χ3v) is 12.0. The van der Waals surface area contributed by atoms with E-state index in [0.29, 0.717) is 17.4 Å². The first-order chi connectivity index (χ1) is 36.1. The Morgan fingerprint density at radius 2 is 0.770 bits per heavy atom. The molecule has 0 aromatic rings. The molecular weight excluding hydrogens is 923 g/mol. The molecule has 0 aliphatic rings. The zero-order valence-corrected chi connectivity index (χ0v) is 47.7. The molecule has 0 saturated carbocycles. The molecule has 0 aliphatic carbocycles. The molecule has 0 spiro atoms. The van der Waals surface area contributed by atoms with Gasteiger partial charge in [0.05, 0.1) is 40.3 Å². The summed E-state index contributed by atoms with van der Waals surface area (Å²) in [6.07, 6.45) is 74.1. The SMILES string of the molecule is CC/C=C\C/C=C\C/C=C\C/C=C\C/C=C\C/C=C\C/C=C\C/C=C\C/C=C\C/C=C\CCCCCCCCCCC(=O)OC(COC(=O)CCCCCCCCCCCC)COC(OCC[N+](C)(C)C)C(=O)[O-]. The van der Waals surface area contributed by atoms with Gasteiger partial charge in [-0.15, -0.1) is 0 Å². The molecule has 0 heterocycles. The quantitative estimate of drug-likeness (QED) is 0.0195. The highest BCUT2D eigenvalue weighted by molar-refractivity contribution is 5.70. The molecule has 0 fully saturated rings. The van der Waals surface area contributed by atoms with E-state index in [1.807, 2.05) is 21.1 Å². The van der Waals surface area contributed by atoms with Crippen molar-refractivity contribution in [3.63, 3.8) is 0 Å². The van der Waals surface area contributed by atoms with Gasteiger partial charge in [0, 0.05) is 12.8 Å². The average molecular weight is 1030 g/mol. The van der Waals surface area contributed by atoms with E-state index in [0.717, 1.165) is 109 Å². The van der Waals surface area contributed by atoms with Gasteiger partial charge in [-0.25, -0.2) is 0 Å². The van der Waals surface area contributed by atoms with E-state index in [1.54, 1.807) is 0 Å². The number of carbonyl (C=O) groups excluding carboxylic acids is 3. The molecule has 0 bridgehead atoms. The van der Waals surface area contributed by atoms with Gasteiger partial charge in [0.25, 0.3) is 0 Å². The second kappa shape index (κ2) is 54.9. The largest absolute Gasteiger partial charge is 0.545 e. The van der Waals surface area contributed by atoms with E-state index in [9.17, 15) is 19.5 Å². The smallest absolute Gasteiger partial charge is 0.306 e. The fourth-order valence-electron chi connectivity index (χ4n) is 7.50. The minimum Gasteiger partial charge on any atom is -0.545 e. The minimum absolute atomic E-state index is 0.141. The first-order valence-electron chi connectivity index (χ1n) is 29.2. The number of carboxylic acids is 1. The second-order valence-corrected chi connectivity index (χ2v) is 20.2. The number of rotatable bonds is 52. The van der Waals surface area contributed by atoms with Gasteiger partial charge in [-0.05, 0) is 89.9 Å². The van der Waals surface area contributed by atoms with Crippen LogP contribution >= 0.6 is 0 Å². The van der Waals surface area contributed by atoms with Crippen molar-refractivity contribution in [2.45, 2.75) is 225 Å². The third-order valence-electron chi connectivity index (χ3n) is 12.0. The summed E-state index contributed by atoms with van der Waals surface area (Å²) in [4.78, 5) is 37.1. The second-order valence-electron chi connectivity index (χ2n) is 20.2. The number of allylic oxidation sites excluding steroid dienone is 20. The highest BCUT2D eigenvalue weighted by Crippen LogP contribution is 2.14. The molecular formula is C65H107NO8. The van der Waals surface area contributed by atoms with Crippen molar-refractivity contribution in [3.05, 3.63) is 122 Å². The number of ether oxygens (including phenoxy) is 4. The Balaban J connectivity index is 4.14. The van der Waals surface area contributed by atoms with Crippen LogP contribution in [-0.2, 0) is 33.3 Å². The number of carboxylic acid groups (broad SMARTS) is 1. The van der Waals surface area contributed by atoms with Crippen LogP contribution in [0.25, 0.3) is 0 Å². The maximum atomic E-state index is 12.8. The van der Waals surface area contributed by atoms with Crippen LogP contribution in [0.3, 0.4) is 0 Å². The highest BCUT2D eigenvalue weighted by Gasteiger charge is 2.22. The molecule has 0 amide bonds. The standard InChI is InChI=1S/C65H107NO8/c1-6-8-10-12-14-16-18-19-20-21-22-23-24-25-26-27-28-29-30-31-32-33-34-35-36-37-38-39-40-41-42-43-44-45-46-48-50-52-54-56-63(68)74-61(60-73-65(64(69)70)71-58-57-66(3,4)5)59-72-62(67)55-53-51-49-47-17-15-13-11-9-7-2/h8,10,14,16,19-20,22-23,25-26,28-29,31-32,34-35,37-38,40-41,61,65H,6-7,9,11-13,15,17-18,21,24,27,30,33,36,39,42-60H2,1-5H3/b10-8-,16-14-,20-19-,23-22-,26-25-,29-28-,32-31-,35-34-,38-37-,41-40-. The number of quaternary nitrogens is 1. The minimum atomic E-state index is -1.63. The van der Waals surface area contributed by atoms with E-state index in [1.165, 1.54) is 70.6 Å². The van der Waals surface area contributed by atoms with Gasteiger partial charge in [-0.3, -0.25) is 9.59 Å². The van der Waals surface area contributed by atoms with Gasteiger partial charge in [0.15, 0.2) is 12.4 Å². The maximum Gasteiger partial charge on any atom is 0.306 e. The Morgan fingerprint density at radius 1 is 0.419 bits per heavy atom. The lowest BCUT2D eigenvalue weighted by molar-refractivity contribution is -0.870. The van der Waals surface area contributed by atoms with Crippen molar-refractivity contribution in [2.75, 3.05) is 47.5 Å². The van der Waals surface area contributed by atoms with Crippen LogP contribution in [0, 0.1) is 0 Å². The van der Waals surface area contributed by atoms with E-state index >= 15 is 0 Å². The van der Waals surface area contributed by atoms with Gasteiger partial charge in [-0.1, -0.05) is 232 Å². The van der Waals surface area contributed by atoms with E-state index < -0.39 is 24.3 Å². The lowest BCUT2D eigenvalue weighted by Gasteiger charge is -2.26. The Morgan fingerprint density at radius 3 is 1.15 bits per heavy atom. The summed E-state index contributed by atoms with van der Waals surface area (Å²) in [5.74, 6) is -2.31. The van der Waals surface area contributed by atoms with E-state index in [2.05, 4.69) is 135 Å². The molecule has 0 aliphatic heterocycles. The van der Waals surface area contributed by atoms with Gasteiger partial charge < -0.3 is 33.3 Å². The monoisotopic (exact) mass is 1030 g/mol. The first-order valence-corrected chi connectivity index (χ1v) is 29.2. The summed E-state index contributed by atoms with van der Waals surface area (Å²) >= 11 is 0. The predicted molar refractivity (Wildman–Crippen MR) is 310 cm³/mol. The van der Waals surface area contributed by atoms with Gasteiger partial charge in [0.2, 0.25) is 0 Å². The summed E-state index contributed by atoms with van der Waals surface area (Å²) in [5.41, 5.74) is 0. The fraction of sp³-hybridized carbons (Fsp3) is 0.646. The molecule has 0 aromatic heterocycles. The van der Waals surface area contributed by atoms with Crippen molar-refractivity contribution < 1.29 is 42.9 Å². The van der Waals surface area contributed by atoms with Crippen LogP contribution in [-0.4, -0.2) is 82.3 Å². The first kappa shape index (κ1) is 69.7. The summed E-state index contributed by atoms with van der Waals surface area (Å²) in [6.45, 7) is 4.59. The Kier molecular flexibility index (Phi) is 51.7. The molecule has 0 N–H and O–H groups in total.